The summed E-state index contributed by atoms with van der Waals surface area (Å²) >= 11 is 0. The molecule has 9 heteroatoms. The molecule has 0 aliphatic heterocycles. The van der Waals surface area contributed by atoms with Crippen LogP contribution in [-0.4, -0.2) is 41.4 Å². The van der Waals surface area contributed by atoms with Gasteiger partial charge in [0.2, 0.25) is 17.8 Å². The Balaban J connectivity index is 1.80. The second-order valence-corrected chi connectivity index (χ2v) is 7.78. The number of amides is 2. The SMILES string of the molecule is CCCNc1nc(Nc2ccc(C(N)=O)cc2)ncc1C#Cc1cccc(NC(=O)[C@H](C)NC)c1. The van der Waals surface area contributed by atoms with Crippen molar-refractivity contribution in [1.29, 1.82) is 0 Å². The summed E-state index contributed by atoms with van der Waals surface area (Å²) in [5, 5.41) is 12.2. The van der Waals surface area contributed by atoms with Crippen LogP contribution in [0.1, 0.15) is 41.8 Å². The number of nitrogens with one attached hydrogen (secondary N) is 4. The molecule has 0 spiro atoms. The zero-order valence-electron chi connectivity index (χ0n) is 20.0. The van der Waals surface area contributed by atoms with E-state index in [1.54, 1.807) is 44.4 Å². The van der Waals surface area contributed by atoms with Gasteiger partial charge in [0.05, 0.1) is 17.8 Å². The van der Waals surface area contributed by atoms with E-state index in [4.69, 9.17) is 5.73 Å². The first-order chi connectivity index (χ1) is 16.9. The van der Waals surface area contributed by atoms with Gasteiger partial charge in [-0.2, -0.15) is 4.98 Å². The van der Waals surface area contributed by atoms with Crippen molar-refractivity contribution in [3.05, 3.63) is 71.4 Å². The summed E-state index contributed by atoms with van der Waals surface area (Å²) in [5.74, 6) is 6.64. The lowest BCUT2D eigenvalue weighted by Crippen LogP contribution is -2.35. The monoisotopic (exact) mass is 471 g/mol. The van der Waals surface area contributed by atoms with E-state index < -0.39 is 5.91 Å². The van der Waals surface area contributed by atoms with Crippen LogP contribution in [0.3, 0.4) is 0 Å². The second kappa shape index (κ2) is 12.2. The molecule has 6 N–H and O–H groups in total. The predicted octanol–water partition coefficient (Wildman–Crippen LogP) is 3.09. The van der Waals surface area contributed by atoms with Crippen molar-refractivity contribution in [2.24, 2.45) is 5.73 Å². The number of anilines is 4. The fourth-order valence-electron chi connectivity index (χ4n) is 2.95. The predicted molar refractivity (Wildman–Crippen MR) is 139 cm³/mol. The third-order valence-electron chi connectivity index (χ3n) is 5.05. The van der Waals surface area contributed by atoms with Crippen LogP contribution in [0.15, 0.2) is 54.7 Å². The summed E-state index contributed by atoms with van der Waals surface area (Å²) in [4.78, 5) is 32.3. The number of likely N-dealkylation sites (N-methyl/N-ethyl adjacent to an activating group) is 1. The highest BCUT2D eigenvalue weighted by Crippen LogP contribution is 2.18. The molecular weight excluding hydrogens is 442 g/mol. The minimum absolute atomic E-state index is 0.121. The molecule has 3 rings (SSSR count). The summed E-state index contributed by atoms with van der Waals surface area (Å²) in [6.07, 6.45) is 2.57. The van der Waals surface area contributed by atoms with Gasteiger partial charge in [-0.05, 0) is 62.9 Å². The smallest absolute Gasteiger partial charge is 0.248 e. The number of nitrogens with two attached hydrogens (primary N) is 1. The van der Waals surface area contributed by atoms with E-state index in [1.165, 1.54) is 0 Å². The van der Waals surface area contributed by atoms with Gasteiger partial charge in [0, 0.05) is 29.0 Å². The van der Waals surface area contributed by atoms with E-state index in [9.17, 15) is 9.59 Å². The first kappa shape index (κ1) is 25.2. The van der Waals surface area contributed by atoms with Crippen molar-refractivity contribution in [2.75, 3.05) is 29.5 Å². The average Bonchev–Trinajstić information content (AvgIpc) is 2.86. The molecule has 1 aromatic heterocycles. The highest BCUT2D eigenvalue weighted by Gasteiger charge is 2.10. The van der Waals surface area contributed by atoms with Crippen LogP contribution in [0.2, 0.25) is 0 Å². The zero-order chi connectivity index (χ0) is 25.2. The largest absolute Gasteiger partial charge is 0.369 e. The van der Waals surface area contributed by atoms with Gasteiger partial charge in [-0.15, -0.1) is 0 Å². The Kier molecular flexibility index (Phi) is 8.76. The van der Waals surface area contributed by atoms with E-state index in [-0.39, 0.29) is 11.9 Å². The van der Waals surface area contributed by atoms with Crippen molar-refractivity contribution in [3.63, 3.8) is 0 Å². The van der Waals surface area contributed by atoms with E-state index in [2.05, 4.69) is 50.0 Å². The summed E-state index contributed by atoms with van der Waals surface area (Å²) in [6, 6.07) is 13.8. The molecule has 0 fully saturated rings. The third kappa shape index (κ3) is 7.28. The number of rotatable bonds is 9. The topological polar surface area (TPSA) is 134 Å². The molecule has 35 heavy (non-hydrogen) atoms. The second-order valence-electron chi connectivity index (χ2n) is 7.78. The molecule has 0 aliphatic carbocycles. The third-order valence-corrected chi connectivity index (χ3v) is 5.05. The number of aromatic nitrogens is 2. The van der Waals surface area contributed by atoms with Gasteiger partial charge in [-0.1, -0.05) is 24.8 Å². The van der Waals surface area contributed by atoms with Gasteiger partial charge in [0.25, 0.3) is 0 Å². The number of carbonyl (C=O) groups excluding carboxylic acids is 2. The molecule has 9 nitrogen and oxygen atoms in total. The van der Waals surface area contributed by atoms with Crippen LogP contribution >= 0.6 is 0 Å². The Bertz CT molecular complexity index is 1250. The van der Waals surface area contributed by atoms with Crippen LogP contribution < -0.4 is 27.0 Å². The van der Waals surface area contributed by atoms with Gasteiger partial charge in [-0.3, -0.25) is 9.59 Å². The van der Waals surface area contributed by atoms with Gasteiger partial charge >= 0.3 is 0 Å². The number of primary amides is 1. The van der Waals surface area contributed by atoms with Crippen LogP contribution in [0.5, 0.6) is 0 Å². The zero-order valence-corrected chi connectivity index (χ0v) is 20.0. The Morgan fingerprint density at radius 2 is 1.86 bits per heavy atom. The molecule has 2 amide bonds. The van der Waals surface area contributed by atoms with E-state index in [0.29, 0.717) is 28.6 Å². The number of hydrogen-bond acceptors (Lipinski definition) is 7. The van der Waals surface area contributed by atoms with E-state index in [1.807, 2.05) is 24.3 Å². The highest BCUT2D eigenvalue weighted by atomic mass is 16.2. The number of hydrogen-bond donors (Lipinski definition) is 5. The molecule has 3 aromatic rings. The highest BCUT2D eigenvalue weighted by molar-refractivity contribution is 5.94. The van der Waals surface area contributed by atoms with Crippen molar-refractivity contribution in [2.45, 2.75) is 26.3 Å². The molecular formula is C26H29N7O2. The minimum atomic E-state index is -0.484. The number of benzene rings is 2. The van der Waals surface area contributed by atoms with Crippen molar-refractivity contribution in [1.82, 2.24) is 15.3 Å². The summed E-state index contributed by atoms with van der Waals surface area (Å²) in [6.45, 7) is 4.58. The molecule has 0 radical (unpaired) electrons. The first-order valence-corrected chi connectivity index (χ1v) is 11.3. The Labute approximate surface area is 204 Å². The standard InChI is InChI=1S/C26H29N7O2/c1-4-14-29-24-20(9-8-18-6-5-7-22(15-18)31-25(35)17(2)28-3)16-30-26(33-24)32-21-12-10-19(11-13-21)23(27)34/h5-7,10-13,15-17,28H,4,14H2,1-3H3,(H2,27,34)(H,31,35)(H2,29,30,32,33)/t17-/m0/s1. The van der Waals surface area contributed by atoms with Crippen LogP contribution in [0, 0.1) is 11.8 Å². The Morgan fingerprint density at radius 1 is 1.09 bits per heavy atom. The van der Waals surface area contributed by atoms with E-state index >= 15 is 0 Å². The molecule has 180 valence electrons. The van der Waals surface area contributed by atoms with Crippen LogP contribution in [0.4, 0.5) is 23.1 Å². The van der Waals surface area contributed by atoms with Crippen LogP contribution in [-0.2, 0) is 4.79 Å². The van der Waals surface area contributed by atoms with Gasteiger partial charge < -0.3 is 27.0 Å². The van der Waals surface area contributed by atoms with Crippen molar-refractivity contribution >= 4 is 35.0 Å². The number of nitrogens with zero attached hydrogens (tertiary/aromatic N) is 2. The molecule has 0 bridgehead atoms. The van der Waals surface area contributed by atoms with Gasteiger partial charge in [0.1, 0.15) is 5.82 Å². The maximum atomic E-state index is 12.1. The molecule has 0 aliphatic rings. The van der Waals surface area contributed by atoms with Gasteiger partial charge in [-0.25, -0.2) is 4.98 Å². The minimum Gasteiger partial charge on any atom is -0.369 e. The summed E-state index contributed by atoms with van der Waals surface area (Å²) in [5.41, 5.74) is 8.50. The quantitative estimate of drug-likeness (QED) is 0.303. The lowest BCUT2D eigenvalue weighted by atomic mass is 10.2. The average molecular weight is 472 g/mol. The lowest BCUT2D eigenvalue weighted by molar-refractivity contribution is -0.117. The van der Waals surface area contributed by atoms with E-state index in [0.717, 1.165) is 24.2 Å². The number of carbonyl (C=O) groups is 2. The fraction of sp³-hybridized carbons (Fsp3) is 0.231. The maximum absolute atomic E-state index is 12.1. The molecule has 1 heterocycles. The first-order valence-electron chi connectivity index (χ1n) is 11.3. The van der Waals surface area contributed by atoms with Crippen molar-refractivity contribution < 1.29 is 9.59 Å². The summed E-state index contributed by atoms with van der Waals surface area (Å²) in [7, 11) is 1.73. The lowest BCUT2D eigenvalue weighted by Gasteiger charge is -2.11. The molecule has 1 atom stereocenters. The molecule has 0 saturated heterocycles. The normalized spacial score (nSPS) is 11.1. The van der Waals surface area contributed by atoms with Crippen molar-refractivity contribution in [3.8, 4) is 11.8 Å². The molecule has 2 aromatic carbocycles. The molecule has 0 saturated carbocycles. The summed E-state index contributed by atoms with van der Waals surface area (Å²) < 4.78 is 0. The van der Waals surface area contributed by atoms with Gasteiger partial charge in [0.15, 0.2) is 0 Å². The fourth-order valence-corrected chi connectivity index (χ4v) is 2.95. The Morgan fingerprint density at radius 3 is 2.54 bits per heavy atom. The van der Waals surface area contributed by atoms with Crippen LogP contribution in [0.25, 0.3) is 0 Å². The molecule has 0 unspecified atom stereocenters. The Hall–Kier alpha value is -4.42. The maximum Gasteiger partial charge on any atom is 0.248 e.